The Labute approximate surface area is 161 Å². The lowest BCUT2D eigenvalue weighted by Crippen LogP contribution is -2.88. The average Bonchev–Trinajstić information content (AvgIpc) is 2.69. The number of piperazine rings is 1. The number of carbonyl (C=O) groups is 1. The maximum Gasteiger partial charge on any atom is 0.277 e. The summed E-state index contributed by atoms with van der Waals surface area (Å²) in [4.78, 5) is 16.6. The number of carbonyl (C=O) groups excluding carboxylic acids is 1. The predicted octanol–water partition coefficient (Wildman–Crippen LogP) is 2.43. The Balaban J connectivity index is 1.53. The second kappa shape index (κ2) is 9.00. The van der Waals surface area contributed by atoms with E-state index < -0.39 is 0 Å². The summed E-state index contributed by atoms with van der Waals surface area (Å²) < 4.78 is 13.9. The maximum absolute atomic E-state index is 13.9. The van der Waals surface area contributed by atoms with E-state index in [4.69, 9.17) is 0 Å². The van der Waals surface area contributed by atoms with E-state index in [1.807, 2.05) is 34.1 Å². The van der Waals surface area contributed by atoms with E-state index in [0.29, 0.717) is 44.3 Å². The molecule has 0 aromatic heterocycles. The van der Waals surface area contributed by atoms with Gasteiger partial charge in [0.25, 0.3) is 5.91 Å². The highest BCUT2D eigenvalue weighted by Gasteiger charge is 2.25. The Bertz CT molecular complexity index is 742. The number of hydrogen-bond donors (Lipinski definition) is 1. The predicted molar refractivity (Wildman–Crippen MR) is 106 cm³/mol. The summed E-state index contributed by atoms with van der Waals surface area (Å²) in [5.41, 5.74) is 1.88. The van der Waals surface area contributed by atoms with E-state index in [-0.39, 0.29) is 17.8 Å². The molecule has 2 N–H and O–H groups in total. The molecular weight excluding hydrogens is 341 g/mol. The fraction of sp³-hybridized carbons (Fsp3) is 0.409. The van der Waals surface area contributed by atoms with E-state index >= 15 is 0 Å². The van der Waals surface area contributed by atoms with Crippen LogP contribution in [0.1, 0.15) is 25.5 Å². The van der Waals surface area contributed by atoms with Crippen LogP contribution in [0.5, 0.6) is 0 Å². The third kappa shape index (κ3) is 4.86. The topological polar surface area (TPSA) is 40.2 Å². The van der Waals surface area contributed by atoms with Gasteiger partial charge in [-0.1, -0.05) is 56.3 Å². The summed E-state index contributed by atoms with van der Waals surface area (Å²) in [6.07, 6.45) is 0. The highest BCUT2D eigenvalue weighted by atomic mass is 19.1. The van der Waals surface area contributed by atoms with Crippen molar-refractivity contribution in [1.29, 1.82) is 0 Å². The van der Waals surface area contributed by atoms with Crippen molar-refractivity contribution in [3.8, 4) is 0 Å². The lowest BCUT2D eigenvalue weighted by Gasteiger charge is -2.36. The van der Waals surface area contributed by atoms with Crippen molar-refractivity contribution in [2.24, 2.45) is 5.92 Å². The van der Waals surface area contributed by atoms with Gasteiger partial charge in [0.1, 0.15) is 11.9 Å². The van der Waals surface area contributed by atoms with Gasteiger partial charge in [0, 0.05) is 37.7 Å². The van der Waals surface area contributed by atoms with Gasteiger partial charge in [-0.15, -0.1) is 0 Å². The van der Waals surface area contributed by atoms with Crippen LogP contribution in [0.2, 0.25) is 0 Å². The van der Waals surface area contributed by atoms with Gasteiger partial charge in [-0.25, -0.2) is 4.39 Å². The minimum atomic E-state index is -0.201. The van der Waals surface area contributed by atoms with Crippen molar-refractivity contribution in [3.63, 3.8) is 0 Å². The van der Waals surface area contributed by atoms with Crippen LogP contribution in [0.15, 0.2) is 54.6 Å². The first-order valence-corrected chi connectivity index (χ1v) is 9.72. The summed E-state index contributed by atoms with van der Waals surface area (Å²) in [5, 5.41) is 2.14. The number of nitrogens with two attached hydrogens (primary N) is 1. The van der Waals surface area contributed by atoms with E-state index in [1.165, 1.54) is 11.6 Å². The monoisotopic (exact) mass is 370 g/mol. The van der Waals surface area contributed by atoms with Gasteiger partial charge in [-0.05, 0) is 12.1 Å². The highest BCUT2D eigenvalue weighted by molar-refractivity contribution is 5.77. The van der Waals surface area contributed by atoms with Crippen LogP contribution in [-0.2, 0) is 4.79 Å². The zero-order valence-electron chi connectivity index (χ0n) is 16.1. The third-order valence-electron chi connectivity index (χ3n) is 5.27. The zero-order chi connectivity index (χ0) is 19.2. The molecule has 2 aromatic carbocycles. The third-order valence-corrected chi connectivity index (χ3v) is 5.27. The molecule has 0 unspecified atom stereocenters. The van der Waals surface area contributed by atoms with Crippen molar-refractivity contribution >= 4 is 11.6 Å². The van der Waals surface area contributed by atoms with Gasteiger partial charge >= 0.3 is 0 Å². The number of hydrogen-bond acceptors (Lipinski definition) is 2. The summed E-state index contributed by atoms with van der Waals surface area (Å²) in [6, 6.07) is 17.5. The molecule has 1 fully saturated rings. The van der Waals surface area contributed by atoms with E-state index in [0.717, 1.165) is 0 Å². The van der Waals surface area contributed by atoms with Crippen LogP contribution in [0.3, 0.4) is 0 Å². The summed E-state index contributed by atoms with van der Waals surface area (Å²) >= 11 is 0. The van der Waals surface area contributed by atoms with E-state index in [9.17, 15) is 9.18 Å². The molecule has 1 amide bonds. The summed E-state index contributed by atoms with van der Waals surface area (Å²) in [5.74, 6) is 0.399. The first kappa shape index (κ1) is 19.4. The van der Waals surface area contributed by atoms with Crippen LogP contribution >= 0.6 is 0 Å². The fourth-order valence-electron chi connectivity index (χ4n) is 3.73. The minimum Gasteiger partial charge on any atom is -0.366 e. The molecule has 1 saturated heterocycles. The van der Waals surface area contributed by atoms with Crippen LogP contribution in [0.4, 0.5) is 10.1 Å². The first-order chi connectivity index (χ1) is 13.1. The number of para-hydroxylation sites is 1. The molecule has 2 aromatic rings. The van der Waals surface area contributed by atoms with Crippen molar-refractivity contribution < 1.29 is 14.5 Å². The second-order valence-corrected chi connectivity index (χ2v) is 7.44. The van der Waals surface area contributed by atoms with Crippen LogP contribution in [-0.4, -0.2) is 43.5 Å². The highest BCUT2D eigenvalue weighted by Crippen LogP contribution is 2.20. The number of benzene rings is 2. The number of amides is 1. The first-order valence-electron chi connectivity index (χ1n) is 9.72. The van der Waals surface area contributed by atoms with Gasteiger partial charge in [0.2, 0.25) is 0 Å². The summed E-state index contributed by atoms with van der Waals surface area (Å²) in [7, 11) is 0. The number of quaternary nitrogens is 1. The van der Waals surface area contributed by atoms with Gasteiger partial charge in [-0.2, -0.15) is 0 Å². The van der Waals surface area contributed by atoms with Crippen LogP contribution in [0, 0.1) is 11.7 Å². The van der Waals surface area contributed by atoms with Crippen molar-refractivity contribution in [3.05, 3.63) is 66.0 Å². The standard InChI is InChI=1S/C22H28FN3O/c1-17(2)22(18-8-4-3-5-9-18)24-16-21(27)26-14-12-25(13-15-26)20-11-7-6-10-19(20)23/h3-11,17,22,24H,12-16H2,1-2H3/p+1/t22-/m1/s1. The lowest BCUT2D eigenvalue weighted by molar-refractivity contribution is -0.692. The molecule has 4 nitrogen and oxygen atoms in total. The van der Waals surface area contributed by atoms with Gasteiger partial charge in [-0.3, -0.25) is 4.79 Å². The van der Waals surface area contributed by atoms with Gasteiger partial charge < -0.3 is 15.1 Å². The molecular formula is C22H29FN3O+. The Morgan fingerprint density at radius 1 is 1.00 bits per heavy atom. The van der Waals surface area contributed by atoms with Crippen molar-refractivity contribution in [2.45, 2.75) is 19.9 Å². The van der Waals surface area contributed by atoms with Crippen LogP contribution in [0.25, 0.3) is 0 Å². The quantitative estimate of drug-likeness (QED) is 0.848. The molecule has 144 valence electrons. The molecule has 0 aliphatic carbocycles. The zero-order valence-corrected chi connectivity index (χ0v) is 16.1. The van der Waals surface area contributed by atoms with Gasteiger partial charge in [0.15, 0.2) is 6.54 Å². The Morgan fingerprint density at radius 3 is 2.26 bits per heavy atom. The van der Waals surface area contributed by atoms with Crippen molar-refractivity contribution in [1.82, 2.24) is 4.90 Å². The molecule has 0 bridgehead atoms. The molecule has 5 heteroatoms. The summed E-state index contributed by atoms with van der Waals surface area (Å²) in [6.45, 7) is 7.42. The fourth-order valence-corrected chi connectivity index (χ4v) is 3.73. The number of anilines is 1. The molecule has 1 heterocycles. The Kier molecular flexibility index (Phi) is 6.45. The normalized spacial score (nSPS) is 15.9. The lowest BCUT2D eigenvalue weighted by atomic mass is 9.96. The second-order valence-electron chi connectivity index (χ2n) is 7.44. The smallest absolute Gasteiger partial charge is 0.277 e. The molecule has 1 aliphatic heterocycles. The molecule has 1 atom stereocenters. The Morgan fingerprint density at radius 2 is 1.63 bits per heavy atom. The average molecular weight is 370 g/mol. The number of halogens is 1. The van der Waals surface area contributed by atoms with Gasteiger partial charge in [0.05, 0.1) is 5.69 Å². The molecule has 0 radical (unpaired) electrons. The molecule has 0 saturated carbocycles. The molecule has 0 spiro atoms. The SMILES string of the molecule is CC(C)[C@@H]([NH2+]CC(=O)N1CCN(c2ccccc2F)CC1)c1ccccc1. The number of rotatable bonds is 6. The Hall–Kier alpha value is -2.40. The maximum atomic E-state index is 13.9. The van der Waals surface area contributed by atoms with E-state index in [1.54, 1.807) is 12.1 Å². The largest absolute Gasteiger partial charge is 0.366 e. The minimum absolute atomic E-state index is 0.157. The molecule has 1 aliphatic rings. The number of nitrogens with zero attached hydrogens (tertiary/aromatic N) is 2. The molecule has 27 heavy (non-hydrogen) atoms. The van der Waals surface area contributed by atoms with Crippen LogP contribution < -0.4 is 10.2 Å². The molecule has 3 rings (SSSR count). The van der Waals surface area contributed by atoms with Crippen molar-refractivity contribution in [2.75, 3.05) is 37.6 Å². The van der Waals surface area contributed by atoms with E-state index in [2.05, 4.69) is 31.3 Å².